The number of carboxylic acid groups (broad SMARTS) is 1. The van der Waals surface area contributed by atoms with Crippen LogP contribution in [0.25, 0.3) is 10.9 Å². The summed E-state index contributed by atoms with van der Waals surface area (Å²) in [6.07, 6.45) is 1.97. The van der Waals surface area contributed by atoms with E-state index in [2.05, 4.69) is 4.98 Å². The molecule has 2 aromatic carbocycles. The quantitative estimate of drug-likeness (QED) is 0.646. The number of aromatic carboxylic acids is 1. The molecule has 5 heteroatoms. The van der Waals surface area contributed by atoms with Crippen molar-refractivity contribution in [1.82, 2.24) is 4.98 Å². The molecule has 0 aliphatic heterocycles. The van der Waals surface area contributed by atoms with Crippen LogP contribution in [0.2, 0.25) is 5.02 Å². The summed E-state index contributed by atoms with van der Waals surface area (Å²) in [4.78, 5) is 26.6. The lowest BCUT2D eigenvalue weighted by Gasteiger charge is -2.13. The van der Waals surface area contributed by atoms with Gasteiger partial charge < -0.3 is 10.1 Å². The van der Waals surface area contributed by atoms with Crippen LogP contribution in [0.1, 0.15) is 50.0 Å². The van der Waals surface area contributed by atoms with Gasteiger partial charge in [-0.2, -0.15) is 0 Å². The van der Waals surface area contributed by atoms with Crippen molar-refractivity contribution in [2.75, 3.05) is 0 Å². The molecule has 1 heterocycles. The summed E-state index contributed by atoms with van der Waals surface area (Å²) in [6, 6.07) is 9.07. The maximum absolute atomic E-state index is 11.7. The van der Waals surface area contributed by atoms with E-state index < -0.39 is 5.97 Å². The van der Waals surface area contributed by atoms with Crippen molar-refractivity contribution in [1.29, 1.82) is 0 Å². The Morgan fingerprint density at radius 1 is 1.32 bits per heavy atom. The standard InChI is InChI=1S/C20H18ClNO3/c1-3-17-15(10-23)19-13(8-12-6-4-5-7-16(12)21)11(2)14(20(24)25)9-18(19)22-17/h4-7,9-10,22H,3,8H2,1-2H3,(H,24,25). The number of hydrogen-bond acceptors (Lipinski definition) is 2. The van der Waals surface area contributed by atoms with Gasteiger partial charge in [0.25, 0.3) is 0 Å². The second-order valence-electron chi connectivity index (χ2n) is 6.01. The summed E-state index contributed by atoms with van der Waals surface area (Å²) in [5, 5.41) is 11.0. The van der Waals surface area contributed by atoms with E-state index >= 15 is 0 Å². The molecular weight excluding hydrogens is 338 g/mol. The molecule has 0 aliphatic carbocycles. The fourth-order valence-corrected chi connectivity index (χ4v) is 3.51. The molecular formula is C20H18ClNO3. The number of benzene rings is 2. The molecule has 4 nitrogen and oxygen atoms in total. The van der Waals surface area contributed by atoms with E-state index in [1.165, 1.54) is 0 Å². The van der Waals surface area contributed by atoms with Crippen LogP contribution in [0, 0.1) is 6.92 Å². The van der Waals surface area contributed by atoms with Crippen LogP contribution in [0.3, 0.4) is 0 Å². The molecule has 0 saturated carbocycles. The third-order valence-corrected chi connectivity index (χ3v) is 4.99. The van der Waals surface area contributed by atoms with Crippen LogP contribution in [-0.4, -0.2) is 22.3 Å². The van der Waals surface area contributed by atoms with E-state index in [-0.39, 0.29) is 5.56 Å². The molecule has 0 radical (unpaired) electrons. The number of aromatic amines is 1. The van der Waals surface area contributed by atoms with Gasteiger partial charge in [-0.25, -0.2) is 4.79 Å². The van der Waals surface area contributed by atoms with Crippen molar-refractivity contribution in [3.8, 4) is 0 Å². The largest absolute Gasteiger partial charge is 0.478 e. The van der Waals surface area contributed by atoms with Gasteiger partial charge in [0, 0.05) is 27.2 Å². The molecule has 0 bridgehead atoms. The third kappa shape index (κ3) is 2.94. The molecule has 0 amide bonds. The third-order valence-electron chi connectivity index (χ3n) is 4.62. The van der Waals surface area contributed by atoms with Crippen molar-refractivity contribution in [2.45, 2.75) is 26.7 Å². The van der Waals surface area contributed by atoms with Gasteiger partial charge in [-0.05, 0) is 48.6 Å². The van der Waals surface area contributed by atoms with Gasteiger partial charge >= 0.3 is 5.97 Å². The monoisotopic (exact) mass is 355 g/mol. The zero-order valence-corrected chi connectivity index (χ0v) is 14.8. The zero-order valence-electron chi connectivity index (χ0n) is 14.0. The molecule has 0 spiro atoms. The van der Waals surface area contributed by atoms with Gasteiger partial charge in [-0.15, -0.1) is 0 Å². The lowest BCUT2D eigenvalue weighted by Crippen LogP contribution is -2.05. The normalized spacial score (nSPS) is 11.0. The number of carbonyl (C=O) groups is 2. The molecule has 0 atom stereocenters. The number of fused-ring (bicyclic) bond motifs is 1. The molecule has 0 saturated heterocycles. The van der Waals surface area contributed by atoms with E-state index in [1.54, 1.807) is 19.1 Å². The molecule has 2 N–H and O–H groups in total. The van der Waals surface area contributed by atoms with Crippen molar-refractivity contribution >= 4 is 34.8 Å². The topological polar surface area (TPSA) is 70.2 Å². The van der Waals surface area contributed by atoms with Crippen LogP contribution >= 0.6 is 11.6 Å². The average Bonchev–Trinajstić information content (AvgIpc) is 2.96. The molecule has 25 heavy (non-hydrogen) atoms. The second-order valence-corrected chi connectivity index (χ2v) is 6.42. The Balaban J connectivity index is 2.35. The fourth-order valence-electron chi connectivity index (χ4n) is 3.31. The second kappa shape index (κ2) is 6.73. The van der Waals surface area contributed by atoms with Crippen molar-refractivity contribution in [3.05, 3.63) is 68.9 Å². The maximum Gasteiger partial charge on any atom is 0.336 e. The first-order valence-corrected chi connectivity index (χ1v) is 8.44. The summed E-state index contributed by atoms with van der Waals surface area (Å²) in [6.45, 7) is 3.73. The predicted molar refractivity (Wildman–Crippen MR) is 99.0 cm³/mol. The maximum atomic E-state index is 11.7. The Morgan fingerprint density at radius 2 is 2.04 bits per heavy atom. The van der Waals surface area contributed by atoms with E-state index in [0.717, 1.165) is 28.5 Å². The van der Waals surface area contributed by atoms with Crippen LogP contribution < -0.4 is 0 Å². The van der Waals surface area contributed by atoms with Crippen molar-refractivity contribution in [3.63, 3.8) is 0 Å². The minimum absolute atomic E-state index is 0.232. The average molecular weight is 356 g/mol. The Bertz CT molecular complexity index is 988. The van der Waals surface area contributed by atoms with E-state index in [1.807, 2.05) is 25.1 Å². The van der Waals surface area contributed by atoms with Crippen LogP contribution in [0.5, 0.6) is 0 Å². The Hall–Kier alpha value is -2.59. The Morgan fingerprint density at radius 3 is 2.64 bits per heavy atom. The summed E-state index contributed by atoms with van der Waals surface area (Å²) in [5.74, 6) is -0.986. The molecule has 1 aromatic heterocycles. The number of hydrogen-bond donors (Lipinski definition) is 2. The smallest absolute Gasteiger partial charge is 0.336 e. The van der Waals surface area contributed by atoms with Gasteiger partial charge in [0.1, 0.15) is 0 Å². The van der Waals surface area contributed by atoms with Crippen molar-refractivity contribution in [2.24, 2.45) is 0 Å². The van der Waals surface area contributed by atoms with E-state index in [9.17, 15) is 14.7 Å². The van der Waals surface area contributed by atoms with Crippen LogP contribution in [0.4, 0.5) is 0 Å². The SMILES string of the molecule is CCc1[nH]c2cc(C(=O)O)c(C)c(Cc3ccccc3Cl)c2c1C=O. The number of carboxylic acids is 1. The highest BCUT2D eigenvalue weighted by Gasteiger charge is 2.21. The first-order chi connectivity index (χ1) is 12.0. The highest BCUT2D eigenvalue weighted by molar-refractivity contribution is 6.31. The predicted octanol–water partition coefficient (Wildman–Crippen LogP) is 4.79. The lowest BCUT2D eigenvalue weighted by molar-refractivity contribution is 0.0696. The van der Waals surface area contributed by atoms with E-state index in [4.69, 9.17) is 11.6 Å². The van der Waals surface area contributed by atoms with E-state index in [0.29, 0.717) is 34.5 Å². The molecule has 0 aliphatic rings. The van der Waals surface area contributed by atoms with Gasteiger partial charge in [0.05, 0.1) is 5.56 Å². The number of nitrogens with one attached hydrogen (secondary N) is 1. The minimum atomic E-state index is -0.986. The number of H-pyrrole nitrogens is 1. The number of aryl methyl sites for hydroxylation is 1. The minimum Gasteiger partial charge on any atom is -0.478 e. The first kappa shape index (κ1) is 17.2. The van der Waals surface area contributed by atoms with Gasteiger partial charge in [-0.3, -0.25) is 4.79 Å². The Kier molecular flexibility index (Phi) is 4.64. The molecule has 3 rings (SSSR count). The van der Waals surface area contributed by atoms with Crippen LogP contribution in [-0.2, 0) is 12.8 Å². The molecule has 128 valence electrons. The number of aromatic nitrogens is 1. The molecule has 0 fully saturated rings. The first-order valence-electron chi connectivity index (χ1n) is 8.06. The van der Waals surface area contributed by atoms with Gasteiger partial charge in [0.2, 0.25) is 0 Å². The van der Waals surface area contributed by atoms with Gasteiger partial charge in [-0.1, -0.05) is 36.7 Å². The summed E-state index contributed by atoms with van der Waals surface area (Å²) >= 11 is 6.29. The number of aldehydes is 1. The van der Waals surface area contributed by atoms with Crippen LogP contribution in [0.15, 0.2) is 30.3 Å². The number of rotatable bonds is 5. The van der Waals surface area contributed by atoms with Gasteiger partial charge in [0.15, 0.2) is 6.29 Å². The number of carbonyl (C=O) groups excluding carboxylic acids is 1. The fraction of sp³-hybridized carbons (Fsp3) is 0.200. The number of halogens is 1. The lowest BCUT2D eigenvalue weighted by atomic mass is 9.91. The molecule has 0 unspecified atom stereocenters. The highest BCUT2D eigenvalue weighted by Crippen LogP contribution is 2.33. The summed E-state index contributed by atoms with van der Waals surface area (Å²) in [5.41, 5.74) is 4.68. The molecule has 3 aromatic rings. The summed E-state index contributed by atoms with van der Waals surface area (Å²) in [7, 11) is 0. The summed E-state index contributed by atoms with van der Waals surface area (Å²) < 4.78 is 0. The van der Waals surface area contributed by atoms with Crippen molar-refractivity contribution < 1.29 is 14.7 Å². The zero-order chi connectivity index (χ0) is 18.1. The Labute approximate surface area is 150 Å². The highest BCUT2D eigenvalue weighted by atomic mass is 35.5.